The molecule has 5 rings (SSSR count). The fourth-order valence-electron chi connectivity index (χ4n) is 5.51. The van der Waals surface area contributed by atoms with E-state index in [2.05, 4.69) is 10.3 Å². The molecule has 2 aliphatic rings. The normalized spacial score (nSPS) is 21.6. The molecule has 0 radical (unpaired) electrons. The maximum absolute atomic E-state index is 14.1. The van der Waals surface area contributed by atoms with Crippen molar-refractivity contribution < 1.29 is 13.6 Å². The number of carbonyl (C=O) groups excluding carboxylic acids is 1. The number of fused-ring (bicyclic) bond motifs is 1. The number of halogens is 2. The van der Waals surface area contributed by atoms with E-state index in [0.29, 0.717) is 25.7 Å². The molecule has 1 aromatic carbocycles. The lowest BCUT2D eigenvalue weighted by atomic mass is 9.90. The summed E-state index contributed by atoms with van der Waals surface area (Å²) in [6, 6.07) is 6.57. The second-order valence-corrected chi connectivity index (χ2v) is 11.2. The van der Waals surface area contributed by atoms with Gasteiger partial charge in [-0.1, -0.05) is 12.1 Å². The molecule has 1 N–H and O–H groups in total. The summed E-state index contributed by atoms with van der Waals surface area (Å²) in [5.41, 5.74) is 0.0925. The Morgan fingerprint density at radius 1 is 0.973 bits per heavy atom. The van der Waals surface area contributed by atoms with Crippen LogP contribution in [0.25, 0.3) is 11.0 Å². The number of pyridine rings is 1. The number of benzene rings is 1. The molecule has 2 aromatic heterocycles. The minimum Gasteiger partial charge on any atom is -0.353 e. The minimum atomic E-state index is -0.609. The summed E-state index contributed by atoms with van der Waals surface area (Å²) in [5.74, 6) is 0.308. The number of thioether (sulfide) groups is 1. The van der Waals surface area contributed by atoms with Gasteiger partial charge in [-0.3, -0.25) is 18.7 Å². The highest BCUT2D eigenvalue weighted by Gasteiger charge is 2.30. The van der Waals surface area contributed by atoms with Gasteiger partial charge in [0.2, 0.25) is 5.91 Å². The summed E-state index contributed by atoms with van der Waals surface area (Å²) < 4.78 is 30.2. The van der Waals surface area contributed by atoms with Crippen LogP contribution in [0.15, 0.2) is 46.1 Å². The Kier molecular flexibility index (Phi) is 7.46. The van der Waals surface area contributed by atoms with Gasteiger partial charge in [0.25, 0.3) is 5.56 Å². The molecular formula is C27H30F2N4O3S. The van der Waals surface area contributed by atoms with E-state index in [0.717, 1.165) is 36.1 Å². The van der Waals surface area contributed by atoms with Crippen LogP contribution in [0.4, 0.5) is 8.78 Å². The Morgan fingerprint density at radius 3 is 2.30 bits per heavy atom. The number of hydrogen-bond donors (Lipinski definition) is 1. The Balaban J connectivity index is 1.36. The highest BCUT2D eigenvalue weighted by atomic mass is 32.2. The number of nitrogens with zero attached hydrogens (tertiary/aromatic N) is 3. The fourth-order valence-corrected chi connectivity index (χ4v) is 6.59. The Bertz CT molecular complexity index is 1410. The van der Waals surface area contributed by atoms with Crippen molar-refractivity contribution in [2.24, 2.45) is 0 Å². The fraction of sp³-hybridized carbons (Fsp3) is 0.481. The van der Waals surface area contributed by atoms with E-state index in [4.69, 9.17) is 0 Å². The van der Waals surface area contributed by atoms with E-state index in [-0.39, 0.29) is 46.6 Å². The average Bonchev–Trinajstić information content (AvgIpc) is 2.91. The molecule has 10 heteroatoms. The third-order valence-electron chi connectivity index (χ3n) is 7.65. The summed E-state index contributed by atoms with van der Waals surface area (Å²) in [7, 11) is 0. The summed E-state index contributed by atoms with van der Waals surface area (Å²) in [4.78, 5) is 44.1. The molecule has 1 amide bonds. The molecule has 0 bridgehead atoms. The van der Waals surface area contributed by atoms with Gasteiger partial charge < -0.3 is 5.32 Å². The maximum Gasteiger partial charge on any atom is 0.333 e. The van der Waals surface area contributed by atoms with Gasteiger partial charge in [0.15, 0.2) is 0 Å². The van der Waals surface area contributed by atoms with Crippen molar-refractivity contribution >= 4 is 28.7 Å². The molecule has 1 saturated carbocycles. The number of rotatable bonds is 5. The highest BCUT2D eigenvalue weighted by Crippen LogP contribution is 2.30. The van der Waals surface area contributed by atoms with Crippen molar-refractivity contribution in [2.45, 2.75) is 69.5 Å². The molecule has 1 aliphatic carbocycles. The second-order valence-electron chi connectivity index (χ2n) is 9.98. The first-order valence-corrected chi connectivity index (χ1v) is 13.9. The zero-order valence-corrected chi connectivity index (χ0v) is 21.5. The first-order chi connectivity index (χ1) is 17.8. The zero-order chi connectivity index (χ0) is 26.1. The van der Waals surface area contributed by atoms with E-state index < -0.39 is 17.3 Å². The van der Waals surface area contributed by atoms with Crippen molar-refractivity contribution in [3.63, 3.8) is 0 Å². The molecular weight excluding hydrogens is 498 g/mol. The van der Waals surface area contributed by atoms with Crippen LogP contribution in [0.1, 0.15) is 69.0 Å². The molecule has 1 aliphatic heterocycles. The van der Waals surface area contributed by atoms with E-state index in [1.807, 2.05) is 11.8 Å². The zero-order valence-electron chi connectivity index (χ0n) is 20.7. The molecule has 1 unspecified atom stereocenters. The van der Waals surface area contributed by atoms with Crippen LogP contribution in [0.3, 0.4) is 0 Å². The van der Waals surface area contributed by atoms with Gasteiger partial charge >= 0.3 is 5.69 Å². The number of carbonyl (C=O) groups is 1. The number of hydrogen-bond acceptors (Lipinski definition) is 5. The van der Waals surface area contributed by atoms with Crippen molar-refractivity contribution in [3.05, 3.63) is 74.6 Å². The lowest BCUT2D eigenvalue weighted by Crippen LogP contribution is -2.47. The van der Waals surface area contributed by atoms with Crippen LogP contribution in [0.2, 0.25) is 0 Å². The summed E-state index contributed by atoms with van der Waals surface area (Å²) in [6.07, 6.45) is 4.94. The van der Waals surface area contributed by atoms with E-state index in [1.54, 1.807) is 23.6 Å². The first-order valence-electron chi connectivity index (χ1n) is 12.8. The molecule has 37 heavy (non-hydrogen) atoms. The van der Waals surface area contributed by atoms with Gasteiger partial charge in [0, 0.05) is 18.1 Å². The van der Waals surface area contributed by atoms with Crippen LogP contribution in [0, 0.1) is 11.6 Å². The monoisotopic (exact) mass is 528 g/mol. The van der Waals surface area contributed by atoms with Crippen LogP contribution >= 0.6 is 11.8 Å². The third-order valence-corrected chi connectivity index (χ3v) is 8.70. The van der Waals surface area contributed by atoms with E-state index in [9.17, 15) is 23.2 Å². The van der Waals surface area contributed by atoms with Crippen molar-refractivity contribution in [1.29, 1.82) is 0 Å². The van der Waals surface area contributed by atoms with E-state index in [1.165, 1.54) is 22.8 Å². The average molecular weight is 529 g/mol. The van der Waals surface area contributed by atoms with Gasteiger partial charge in [-0.15, -0.1) is 0 Å². The van der Waals surface area contributed by atoms with Gasteiger partial charge in [0.05, 0.1) is 17.5 Å². The van der Waals surface area contributed by atoms with Crippen LogP contribution < -0.4 is 16.6 Å². The lowest BCUT2D eigenvalue weighted by Gasteiger charge is -2.32. The Labute approximate surface area is 217 Å². The summed E-state index contributed by atoms with van der Waals surface area (Å²) >= 11 is 1.83. The molecule has 1 saturated heterocycles. The number of nitrogens with one attached hydrogen (secondary N) is 1. The molecule has 0 spiro atoms. The lowest BCUT2D eigenvalue weighted by molar-refractivity contribution is -0.123. The predicted molar refractivity (Wildman–Crippen MR) is 140 cm³/mol. The van der Waals surface area contributed by atoms with Gasteiger partial charge in [-0.05, 0) is 80.7 Å². The van der Waals surface area contributed by atoms with Crippen LogP contribution in [-0.4, -0.2) is 37.6 Å². The van der Waals surface area contributed by atoms with Gasteiger partial charge in [0.1, 0.15) is 17.3 Å². The number of amides is 1. The third kappa shape index (κ3) is 5.21. The summed E-state index contributed by atoms with van der Waals surface area (Å²) in [5, 5.41) is 3.19. The minimum absolute atomic E-state index is 0.0790. The first kappa shape index (κ1) is 25.6. The predicted octanol–water partition coefficient (Wildman–Crippen LogP) is 4.31. The molecule has 196 valence electrons. The van der Waals surface area contributed by atoms with Crippen molar-refractivity contribution in [1.82, 2.24) is 19.4 Å². The van der Waals surface area contributed by atoms with Gasteiger partial charge in [-0.25, -0.2) is 18.6 Å². The molecule has 3 aromatic rings. The smallest absolute Gasteiger partial charge is 0.333 e. The Hall–Kier alpha value is -3.01. The van der Waals surface area contributed by atoms with Crippen LogP contribution in [0.5, 0.6) is 0 Å². The SMILES string of the molecule is CC(C(=O)NC1CCC(n2c(=O)c3cc(F)cnc3n(C3CCSCC3)c2=O)CC1)c1ccc(F)cc1. The van der Waals surface area contributed by atoms with Gasteiger partial charge in [-0.2, -0.15) is 11.8 Å². The largest absolute Gasteiger partial charge is 0.353 e. The molecule has 2 fully saturated rings. The maximum atomic E-state index is 14.1. The second kappa shape index (κ2) is 10.8. The highest BCUT2D eigenvalue weighted by molar-refractivity contribution is 7.99. The molecule has 7 nitrogen and oxygen atoms in total. The van der Waals surface area contributed by atoms with E-state index >= 15 is 0 Å². The topological polar surface area (TPSA) is 86.0 Å². The molecule has 3 heterocycles. The standard InChI is InChI=1S/C27H30F2N4O3S/c1-16(17-2-4-18(28)5-3-17)25(34)31-20-6-8-21(9-7-20)33-26(35)23-14-19(29)15-30-24(23)32(27(33)36)22-10-12-37-13-11-22/h2-5,14-16,20-22H,6-13H2,1H3,(H,31,34). The summed E-state index contributed by atoms with van der Waals surface area (Å²) in [6.45, 7) is 1.78. The van der Waals surface area contributed by atoms with Crippen molar-refractivity contribution in [3.8, 4) is 0 Å². The quantitative estimate of drug-likeness (QED) is 0.534. The molecule has 1 atom stereocenters. The van der Waals surface area contributed by atoms with Crippen LogP contribution in [-0.2, 0) is 4.79 Å². The Morgan fingerprint density at radius 2 is 1.62 bits per heavy atom. The van der Waals surface area contributed by atoms with Crippen molar-refractivity contribution in [2.75, 3.05) is 11.5 Å². The number of aromatic nitrogens is 3.